The van der Waals surface area contributed by atoms with E-state index < -0.39 is 0 Å². The van der Waals surface area contributed by atoms with Gasteiger partial charge in [0.2, 0.25) is 0 Å². The van der Waals surface area contributed by atoms with Crippen LogP contribution in [0.4, 0.5) is 0 Å². The molecule has 1 aliphatic rings. The summed E-state index contributed by atoms with van der Waals surface area (Å²) in [4.78, 5) is 6.73. The molecule has 27 heavy (non-hydrogen) atoms. The van der Waals surface area contributed by atoms with E-state index >= 15 is 0 Å². The lowest BCUT2D eigenvalue weighted by atomic mass is 10.1. The smallest absolute Gasteiger partial charge is 0.141 e. The van der Waals surface area contributed by atoms with Gasteiger partial charge in [-0.25, -0.2) is 0 Å². The molecule has 1 fully saturated rings. The van der Waals surface area contributed by atoms with Crippen molar-refractivity contribution in [3.63, 3.8) is 0 Å². The Balaban J connectivity index is 1.43. The number of rotatable bonds is 3. The molecule has 0 aliphatic carbocycles. The first kappa shape index (κ1) is 17.3. The minimum absolute atomic E-state index is 0.186. The maximum atomic E-state index is 9.90. The number of hydrogen-bond donors (Lipinski definition) is 1. The monoisotopic (exact) mass is 354 g/mol. The summed E-state index contributed by atoms with van der Waals surface area (Å²) in [5.41, 5.74) is 4.78. The van der Waals surface area contributed by atoms with E-state index in [9.17, 15) is 5.11 Å². The van der Waals surface area contributed by atoms with Crippen molar-refractivity contribution in [2.75, 3.05) is 13.1 Å². The highest BCUT2D eigenvalue weighted by atomic mass is 16.3. The van der Waals surface area contributed by atoms with Gasteiger partial charge in [-0.3, -0.25) is 9.88 Å². The SMILES string of the molecule is Oc1cccnc1-c1ccc(C#Cc2ccc(CN3CCCC3)cc2)cc1. The van der Waals surface area contributed by atoms with Crippen LogP contribution in [-0.2, 0) is 6.54 Å². The van der Waals surface area contributed by atoms with Crippen LogP contribution in [0, 0.1) is 11.8 Å². The van der Waals surface area contributed by atoms with Crippen molar-refractivity contribution >= 4 is 0 Å². The topological polar surface area (TPSA) is 36.4 Å². The number of benzene rings is 2. The Morgan fingerprint density at radius 3 is 2.11 bits per heavy atom. The second-order valence-electron chi connectivity index (χ2n) is 6.88. The van der Waals surface area contributed by atoms with Crippen LogP contribution in [0.2, 0.25) is 0 Å². The molecule has 2 heterocycles. The van der Waals surface area contributed by atoms with Gasteiger partial charge in [0.15, 0.2) is 0 Å². The molecule has 1 N–H and O–H groups in total. The van der Waals surface area contributed by atoms with Gasteiger partial charge in [0.05, 0.1) is 0 Å². The normalized spacial score (nSPS) is 13.9. The summed E-state index contributed by atoms with van der Waals surface area (Å²) in [6, 6.07) is 19.7. The molecule has 3 nitrogen and oxygen atoms in total. The van der Waals surface area contributed by atoms with Crippen LogP contribution in [0.5, 0.6) is 5.75 Å². The van der Waals surface area contributed by atoms with Crippen molar-refractivity contribution < 1.29 is 5.11 Å². The standard InChI is InChI=1S/C24H22N2O/c27-23-4-3-15-25-24(23)22-13-11-20(12-14-22)6-5-19-7-9-21(10-8-19)18-26-16-1-2-17-26/h3-4,7-15,27H,1-2,16-18H2. The van der Waals surface area contributed by atoms with Crippen molar-refractivity contribution in [3.8, 4) is 28.8 Å². The number of pyridine rings is 1. The fraction of sp³-hybridized carbons (Fsp3) is 0.208. The van der Waals surface area contributed by atoms with E-state index in [-0.39, 0.29) is 5.75 Å². The highest BCUT2D eigenvalue weighted by Crippen LogP contribution is 2.26. The van der Waals surface area contributed by atoms with E-state index in [4.69, 9.17) is 0 Å². The zero-order valence-electron chi connectivity index (χ0n) is 15.2. The molecule has 0 saturated carbocycles. The molecule has 0 atom stereocenters. The van der Waals surface area contributed by atoms with E-state index in [2.05, 4.69) is 46.0 Å². The van der Waals surface area contributed by atoms with Crippen LogP contribution in [0.15, 0.2) is 66.9 Å². The Labute approximate surface area is 160 Å². The Morgan fingerprint density at radius 1 is 0.852 bits per heavy atom. The van der Waals surface area contributed by atoms with Crippen LogP contribution < -0.4 is 0 Å². The van der Waals surface area contributed by atoms with Crippen molar-refractivity contribution in [1.29, 1.82) is 0 Å². The molecule has 0 spiro atoms. The lowest BCUT2D eigenvalue weighted by Crippen LogP contribution is -2.18. The van der Waals surface area contributed by atoms with Crippen LogP contribution in [0.25, 0.3) is 11.3 Å². The average Bonchev–Trinajstić information content (AvgIpc) is 3.21. The number of likely N-dealkylation sites (tertiary alicyclic amines) is 1. The third kappa shape index (κ3) is 4.36. The molecule has 134 valence electrons. The van der Waals surface area contributed by atoms with Crippen molar-refractivity contribution in [3.05, 3.63) is 83.6 Å². The van der Waals surface area contributed by atoms with Crippen LogP contribution >= 0.6 is 0 Å². The molecule has 2 aromatic carbocycles. The summed E-state index contributed by atoms with van der Waals surface area (Å²) < 4.78 is 0. The summed E-state index contributed by atoms with van der Waals surface area (Å²) in [5.74, 6) is 6.61. The Bertz CT molecular complexity index is 960. The van der Waals surface area contributed by atoms with Gasteiger partial charge >= 0.3 is 0 Å². The van der Waals surface area contributed by atoms with Gasteiger partial charge in [0.25, 0.3) is 0 Å². The number of aromatic hydroxyl groups is 1. The zero-order valence-corrected chi connectivity index (χ0v) is 15.2. The van der Waals surface area contributed by atoms with Crippen LogP contribution in [-0.4, -0.2) is 28.1 Å². The number of aromatic nitrogens is 1. The molecule has 1 aromatic heterocycles. The first-order valence-electron chi connectivity index (χ1n) is 9.36. The van der Waals surface area contributed by atoms with Gasteiger partial charge in [0.1, 0.15) is 11.4 Å². The molecule has 0 unspecified atom stereocenters. The predicted molar refractivity (Wildman–Crippen MR) is 108 cm³/mol. The highest BCUT2D eigenvalue weighted by molar-refractivity contribution is 5.66. The van der Waals surface area contributed by atoms with Gasteiger partial charge < -0.3 is 5.11 Å². The van der Waals surface area contributed by atoms with Crippen molar-refractivity contribution in [2.24, 2.45) is 0 Å². The predicted octanol–water partition coefficient (Wildman–Crippen LogP) is 4.45. The van der Waals surface area contributed by atoms with Crippen molar-refractivity contribution in [2.45, 2.75) is 19.4 Å². The second kappa shape index (κ2) is 8.07. The first-order valence-corrected chi connectivity index (χ1v) is 9.36. The number of hydrogen-bond acceptors (Lipinski definition) is 3. The second-order valence-corrected chi connectivity index (χ2v) is 6.88. The van der Waals surface area contributed by atoms with Crippen LogP contribution in [0.1, 0.15) is 29.5 Å². The summed E-state index contributed by atoms with van der Waals surface area (Å²) in [7, 11) is 0. The molecule has 1 aliphatic heterocycles. The fourth-order valence-electron chi connectivity index (χ4n) is 3.37. The third-order valence-electron chi connectivity index (χ3n) is 4.85. The largest absolute Gasteiger partial charge is 0.506 e. The minimum Gasteiger partial charge on any atom is -0.506 e. The van der Waals surface area contributed by atoms with Gasteiger partial charge in [-0.1, -0.05) is 36.1 Å². The third-order valence-corrected chi connectivity index (χ3v) is 4.85. The Morgan fingerprint density at radius 2 is 1.48 bits per heavy atom. The zero-order chi connectivity index (χ0) is 18.5. The summed E-state index contributed by atoms with van der Waals surface area (Å²) in [5, 5.41) is 9.90. The molecule has 0 amide bonds. The van der Waals surface area contributed by atoms with E-state index in [0.29, 0.717) is 5.69 Å². The average molecular weight is 354 g/mol. The van der Waals surface area contributed by atoms with Gasteiger partial charge in [-0.05, 0) is 67.9 Å². The lowest BCUT2D eigenvalue weighted by Gasteiger charge is -2.14. The van der Waals surface area contributed by atoms with E-state index in [1.54, 1.807) is 18.3 Å². The molecule has 4 rings (SSSR count). The van der Waals surface area contributed by atoms with Crippen molar-refractivity contribution in [1.82, 2.24) is 9.88 Å². The van der Waals surface area contributed by atoms with Crippen LogP contribution in [0.3, 0.4) is 0 Å². The summed E-state index contributed by atoms with van der Waals surface area (Å²) >= 11 is 0. The summed E-state index contributed by atoms with van der Waals surface area (Å²) in [6.45, 7) is 3.47. The quantitative estimate of drug-likeness (QED) is 0.706. The molecule has 3 aromatic rings. The molecular weight excluding hydrogens is 332 g/mol. The maximum absolute atomic E-state index is 9.90. The minimum atomic E-state index is 0.186. The first-order chi connectivity index (χ1) is 13.3. The molecule has 0 radical (unpaired) electrons. The van der Waals surface area contributed by atoms with E-state index in [1.165, 1.54) is 31.5 Å². The molecule has 1 saturated heterocycles. The van der Waals surface area contributed by atoms with Gasteiger partial charge in [-0.15, -0.1) is 0 Å². The summed E-state index contributed by atoms with van der Waals surface area (Å²) in [6.07, 6.45) is 4.32. The Kier molecular flexibility index (Phi) is 5.18. The fourth-order valence-corrected chi connectivity index (χ4v) is 3.37. The van der Waals surface area contributed by atoms with Gasteiger partial charge in [-0.2, -0.15) is 0 Å². The molecular formula is C24H22N2O. The molecule has 0 bridgehead atoms. The van der Waals surface area contributed by atoms with E-state index in [0.717, 1.165) is 23.2 Å². The van der Waals surface area contributed by atoms with Gasteiger partial charge in [0, 0.05) is 29.4 Å². The Hall–Kier alpha value is -3.09. The highest BCUT2D eigenvalue weighted by Gasteiger charge is 2.11. The lowest BCUT2D eigenvalue weighted by molar-refractivity contribution is 0.331. The number of nitrogens with zero attached hydrogens (tertiary/aromatic N) is 2. The molecule has 3 heteroatoms. The maximum Gasteiger partial charge on any atom is 0.141 e. The van der Waals surface area contributed by atoms with E-state index in [1.807, 2.05) is 24.3 Å².